The Morgan fingerprint density at radius 1 is 1.10 bits per heavy atom. The van der Waals surface area contributed by atoms with E-state index in [4.69, 9.17) is 16.3 Å². The maximum absolute atomic E-state index is 12.1. The number of halogens is 2. The lowest BCUT2D eigenvalue weighted by atomic mass is 10.1. The van der Waals surface area contributed by atoms with E-state index >= 15 is 0 Å². The van der Waals surface area contributed by atoms with Gasteiger partial charge in [0.25, 0.3) is 0 Å². The molecule has 2 aromatic rings. The summed E-state index contributed by atoms with van der Waals surface area (Å²) in [6.45, 7) is 3.16. The Bertz CT molecular complexity index is 813. The quantitative estimate of drug-likeness (QED) is 0.274. The molecule has 158 valence electrons. The summed E-state index contributed by atoms with van der Waals surface area (Å²) in [6, 6.07) is 13.5. The third-order valence-electron chi connectivity index (χ3n) is 4.13. The van der Waals surface area contributed by atoms with Crippen molar-refractivity contribution >= 4 is 53.1 Å². The maximum atomic E-state index is 12.1. The molecule has 0 fully saturated rings. The van der Waals surface area contributed by atoms with Crippen molar-refractivity contribution in [3.8, 4) is 5.75 Å². The Kier molecular flexibility index (Phi) is 11.5. The number of carbonyl (C=O) groups is 1. The van der Waals surface area contributed by atoms with Crippen molar-refractivity contribution in [1.29, 1.82) is 0 Å². The molecule has 0 aliphatic carbocycles. The van der Waals surface area contributed by atoms with E-state index in [0.717, 1.165) is 24.3 Å². The molecular weight excluding hydrogens is 503 g/mol. The molecule has 0 radical (unpaired) electrons. The Balaban J connectivity index is 0.00000420. The molecule has 0 saturated carbocycles. The zero-order valence-electron chi connectivity index (χ0n) is 16.9. The highest BCUT2D eigenvalue weighted by Gasteiger charge is 2.06. The van der Waals surface area contributed by atoms with Crippen LogP contribution < -0.4 is 20.7 Å². The van der Waals surface area contributed by atoms with Crippen molar-refractivity contribution < 1.29 is 9.53 Å². The normalized spacial score (nSPS) is 10.7. The smallest absolute Gasteiger partial charge is 0.226 e. The molecule has 0 saturated heterocycles. The molecule has 3 N–H and O–H groups in total. The lowest BCUT2D eigenvalue weighted by molar-refractivity contribution is -0.116. The van der Waals surface area contributed by atoms with Crippen LogP contribution in [0.3, 0.4) is 0 Å². The largest absolute Gasteiger partial charge is 0.497 e. The van der Waals surface area contributed by atoms with Gasteiger partial charge in [-0.05, 0) is 48.7 Å². The zero-order valence-corrected chi connectivity index (χ0v) is 20.0. The van der Waals surface area contributed by atoms with Gasteiger partial charge in [0.1, 0.15) is 5.75 Å². The van der Waals surface area contributed by atoms with Gasteiger partial charge in [-0.15, -0.1) is 24.0 Å². The van der Waals surface area contributed by atoms with E-state index in [-0.39, 0.29) is 29.9 Å². The molecule has 2 aromatic carbocycles. The number of guanidine groups is 1. The second-order valence-electron chi connectivity index (χ2n) is 6.31. The Morgan fingerprint density at radius 3 is 2.41 bits per heavy atom. The van der Waals surface area contributed by atoms with Crippen LogP contribution in [0.1, 0.15) is 17.5 Å². The van der Waals surface area contributed by atoms with Crippen molar-refractivity contribution in [2.45, 2.75) is 19.8 Å². The topological polar surface area (TPSA) is 74.8 Å². The fourth-order valence-corrected chi connectivity index (χ4v) is 2.85. The van der Waals surface area contributed by atoms with Crippen LogP contribution in [0, 0.1) is 6.92 Å². The van der Waals surface area contributed by atoms with Crippen LogP contribution in [0.5, 0.6) is 5.75 Å². The lowest BCUT2D eigenvalue weighted by Gasteiger charge is -2.12. The number of carbonyl (C=O) groups excluding carboxylic acids is 1. The van der Waals surface area contributed by atoms with Crippen molar-refractivity contribution in [3.63, 3.8) is 0 Å². The van der Waals surface area contributed by atoms with E-state index in [1.54, 1.807) is 14.2 Å². The molecule has 0 aromatic heterocycles. The summed E-state index contributed by atoms with van der Waals surface area (Å²) in [4.78, 5) is 16.3. The average molecular weight is 531 g/mol. The number of anilines is 1. The van der Waals surface area contributed by atoms with E-state index in [1.807, 2.05) is 49.4 Å². The number of hydrogen-bond acceptors (Lipinski definition) is 3. The average Bonchev–Trinajstić information content (AvgIpc) is 2.69. The van der Waals surface area contributed by atoms with Gasteiger partial charge in [0.05, 0.1) is 17.8 Å². The molecule has 8 heteroatoms. The summed E-state index contributed by atoms with van der Waals surface area (Å²) >= 11 is 6.14. The Labute approximate surface area is 194 Å². The van der Waals surface area contributed by atoms with Crippen LogP contribution in [0.4, 0.5) is 5.69 Å². The highest BCUT2D eigenvalue weighted by atomic mass is 127. The summed E-state index contributed by atoms with van der Waals surface area (Å²) in [5.41, 5.74) is 2.88. The van der Waals surface area contributed by atoms with E-state index in [9.17, 15) is 4.79 Å². The zero-order chi connectivity index (χ0) is 20.4. The van der Waals surface area contributed by atoms with Crippen LogP contribution in [-0.4, -0.2) is 39.1 Å². The van der Waals surface area contributed by atoms with Crippen LogP contribution in [0.2, 0.25) is 5.02 Å². The number of nitrogens with one attached hydrogen (secondary N) is 3. The van der Waals surface area contributed by atoms with Crippen molar-refractivity contribution in [1.82, 2.24) is 10.6 Å². The highest BCUT2D eigenvalue weighted by Crippen LogP contribution is 2.22. The lowest BCUT2D eigenvalue weighted by Crippen LogP contribution is -2.39. The number of aryl methyl sites for hydroxylation is 1. The third-order valence-corrected chi connectivity index (χ3v) is 4.44. The number of amides is 1. The van der Waals surface area contributed by atoms with Gasteiger partial charge < -0.3 is 20.7 Å². The molecule has 0 atom stereocenters. The van der Waals surface area contributed by atoms with Gasteiger partial charge in [-0.1, -0.05) is 29.8 Å². The molecule has 0 aliphatic rings. The number of hydrogen-bond donors (Lipinski definition) is 3. The number of methoxy groups -OCH3 is 1. The first-order valence-corrected chi connectivity index (χ1v) is 9.53. The number of ether oxygens (including phenoxy) is 1. The van der Waals surface area contributed by atoms with Crippen LogP contribution in [0.25, 0.3) is 0 Å². The molecular formula is C21H28ClIN4O2. The SMILES string of the molecule is CN=C(NCCC(=O)Nc1ccc(C)cc1Cl)NCCc1ccc(OC)cc1.I. The minimum absolute atomic E-state index is 0. The summed E-state index contributed by atoms with van der Waals surface area (Å²) in [5.74, 6) is 1.40. The molecule has 0 bridgehead atoms. The molecule has 0 unspecified atom stereocenters. The Hall–Kier alpha value is -2.00. The second kappa shape index (κ2) is 13.3. The van der Waals surface area contributed by atoms with Gasteiger partial charge in [0.15, 0.2) is 5.96 Å². The number of benzene rings is 2. The molecule has 0 heterocycles. The van der Waals surface area contributed by atoms with E-state index < -0.39 is 0 Å². The van der Waals surface area contributed by atoms with Crippen LogP contribution in [-0.2, 0) is 11.2 Å². The fourth-order valence-electron chi connectivity index (χ4n) is 2.57. The van der Waals surface area contributed by atoms with Gasteiger partial charge in [0.2, 0.25) is 5.91 Å². The third kappa shape index (κ3) is 8.91. The van der Waals surface area contributed by atoms with Crippen molar-refractivity contribution in [3.05, 3.63) is 58.6 Å². The summed E-state index contributed by atoms with van der Waals surface area (Å²) in [5, 5.41) is 9.74. The fraction of sp³-hybridized carbons (Fsp3) is 0.333. The monoisotopic (exact) mass is 530 g/mol. The summed E-state index contributed by atoms with van der Waals surface area (Å²) in [6.07, 6.45) is 1.17. The first-order valence-electron chi connectivity index (χ1n) is 9.15. The predicted molar refractivity (Wildman–Crippen MR) is 131 cm³/mol. The minimum atomic E-state index is -0.105. The molecule has 29 heavy (non-hydrogen) atoms. The number of aliphatic imine (C=N–C) groups is 1. The first-order chi connectivity index (χ1) is 13.5. The molecule has 0 spiro atoms. The first kappa shape index (κ1) is 25.0. The van der Waals surface area contributed by atoms with Gasteiger partial charge in [-0.2, -0.15) is 0 Å². The van der Waals surface area contributed by atoms with Gasteiger partial charge in [0, 0.05) is 26.6 Å². The van der Waals surface area contributed by atoms with E-state index in [0.29, 0.717) is 29.6 Å². The maximum Gasteiger partial charge on any atom is 0.226 e. The number of nitrogens with zero attached hydrogens (tertiary/aromatic N) is 1. The molecule has 6 nitrogen and oxygen atoms in total. The molecule has 0 aliphatic heterocycles. The predicted octanol–water partition coefficient (Wildman–Crippen LogP) is 4.01. The van der Waals surface area contributed by atoms with Gasteiger partial charge in [-0.3, -0.25) is 9.79 Å². The Morgan fingerprint density at radius 2 is 1.79 bits per heavy atom. The van der Waals surface area contributed by atoms with Gasteiger partial charge in [-0.25, -0.2) is 0 Å². The summed E-state index contributed by atoms with van der Waals surface area (Å²) in [7, 11) is 3.36. The van der Waals surface area contributed by atoms with Gasteiger partial charge >= 0.3 is 0 Å². The van der Waals surface area contributed by atoms with Crippen molar-refractivity contribution in [2.75, 3.05) is 32.6 Å². The second-order valence-corrected chi connectivity index (χ2v) is 6.71. The van der Waals surface area contributed by atoms with E-state index in [2.05, 4.69) is 20.9 Å². The van der Waals surface area contributed by atoms with Crippen LogP contribution >= 0.6 is 35.6 Å². The number of rotatable bonds is 8. The molecule has 1 amide bonds. The van der Waals surface area contributed by atoms with Crippen molar-refractivity contribution in [2.24, 2.45) is 4.99 Å². The minimum Gasteiger partial charge on any atom is -0.497 e. The van der Waals surface area contributed by atoms with Crippen LogP contribution in [0.15, 0.2) is 47.5 Å². The van der Waals surface area contributed by atoms with E-state index in [1.165, 1.54) is 5.56 Å². The summed E-state index contributed by atoms with van der Waals surface area (Å²) < 4.78 is 5.16. The molecule has 2 rings (SSSR count). The standard InChI is InChI=1S/C21H27ClN4O2.HI/c1-15-4-9-19(18(22)14-15)26-20(27)11-13-25-21(23-2)24-12-10-16-5-7-17(28-3)8-6-16;/h4-9,14H,10-13H2,1-3H3,(H,26,27)(H2,23,24,25);1H. The highest BCUT2D eigenvalue weighted by molar-refractivity contribution is 14.0.